The molecule has 0 radical (unpaired) electrons. The van der Waals surface area contributed by atoms with E-state index in [1.54, 1.807) is 12.4 Å². The number of sulfonamides is 1. The molecular weight excluding hydrogens is 290 g/mol. The zero-order chi connectivity index (χ0) is 15.3. The highest BCUT2D eigenvalue weighted by atomic mass is 32.2. The maximum Gasteiger partial charge on any atom is 0.223 e. The van der Waals surface area contributed by atoms with Gasteiger partial charge in [-0.3, -0.25) is 9.78 Å². The van der Waals surface area contributed by atoms with Crippen LogP contribution in [0.5, 0.6) is 0 Å². The molecule has 0 aromatic carbocycles. The van der Waals surface area contributed by atoms with Crippen molar-refractivity contribution in [3.63, 3.8) is 0 Å². The summed E-state index contributed by atoms with van der Waals surface area (Å²) >= 11 is 0. The van der Waals surface area contributed by atoms with Crippen LogP contribution in [0.15, 0.2) is 24.5 Å². The molecule has 1 fully saturated rings. The number of carbonyl (C=O) groups is 1. The smallest absolute Gasteiger partial charge is 0.223 e. The Morgan fingerprint density at radius 2 is 2.14 bits per heavy atom. The van der Waals surface area contributed by atoms with E-state index in [1.165, 1.54) is 10.6 Å². The quantitative estimate of drug-likeness (QED) is 0.854. The Hall–Kier alpha value is -1.47. The van der Waals surface area contributed by atoms with Gasteiger partial charge in [-0.1, -0.05) is 6.07 Å². The van der Waals surface area contributed by atoms with E-state index in [-0.39, 0.29) is 11.8 Å². The lowest BCUT2D eigenvalue weighted by atomic mass is 9.97. The molecule has 0 unspecified atom stereocenters. The van der Waals surface area contributed by atoms with Crippen LogP contribution in [-0.2, 0) is 21.2 Å². The van der Waals surface area contributed by atoms with E-state index in [2.05, 4.69) is 10.3 Å². The van der Waals surface area contributed by atoms with Crippen molar-refractivity contribution >= 4 is 15.9 Å². The van der Waals surface area contributed by atoms with Crippen molar-refractivity contribution in [1.82, 2.24) is 14.6 Å². The third-order valence-electron chi connectivity index (χ3n) is 3.73. The van der Waals surface area contributed by atoms with Gasteiger partial charge in [0, 0.05) is 37.9 Å². The fourth-order valence-corrected chi connectivity index (χ4v) is 3.34. The van der Waals surface area contributed by atoms with Crippen LogP contribution in [0, 0.1) is 5.92 Å². The minimum Gasteiger partial charge on any atom is -0.356 e. The van der Waals surface area contributed by atoms with E-state index in [1.807, 2.05) is 12.1 Å². The number of nitrogens with zero attached hydrogens (tertiary/aromatic N) is 2. The van der Waals surface area contributed by atoms with Gasteiger partial charge in [0.25, 0.3) is 0 Å². The molecule has 2 rings (SSSR count). The second-order valence-corrected chi connectivity index (χ2v) is 7.32. The Labute approximate surface area is 125 Å². The lowest BCUT2D eigenvalue weighted by molar-refractivity contribution is -0.126. The third kappa shape index (κ3) is 4.78. The number of piperidine rings is 1. The van der Waals surface area contributed by atoms with Crippen LogP contribution >= 0.6 is 0 Å². The average Bonchev–Trinajstić information content (AvgIpc) is 2.47. The van der Waals surface area contributed by atoms with Crippen molar-refractivity contribution in [2.24, 2.45) is 5.92 Å². The first-order chi connectivity index (χ1) is 9.97. The highest BCUT2D eigenvalue weighted by Crippen LogP contribution is 2.19. The number of carbonyl (C=O) groups excluding carboxylic acids is 1. The minimum absolute atomic E-state index is 0.0204. The first kappa shape index (κ1) is 15.9. The summed E-state index contributed by atoms with van der Waals surface area (Å²) in [5.41, 5.74) is 1.09. The molecule has 1 aromatic rings. The van der Waals surface area contributed by atoms with Crippen LogP contribution in [0.1, 0.15) is 18.4 Å². The van der Waals surface area contributed by atoms with E-state index in [4.69, 9.17) is 0 Å². The zero-order valence-corrected chi connectivity index (χ0v) is 13.0. The highest BCUT2D eigenvalue weighted by molar-refractivity contribution is 7.88. The van der Waals surface area contributed by atoms with Crippen molar-refractivity contribution in [2.45, 2.75) is 19.3 Å². The topological polar surface area (TPSA) is 79.4 Å². The molecule has 0 atom stereocenters. The van der Waals surface area contributed by atoms with E-state index >= 15 is 0 Å². The fourth-order valence-electron chi connectivity index (χ4n) is 2.47. The molecule has 6 nitrogen and oxygen atoms in total. The maximum absolute atomic E-state index is 12.0. The van der Waals surface area contributed by atoms with Crippen molar-refractivity contribution in [1.29, 1.82) is 0 Å². The molecule has 1 aliphatic heterocycles. The van der Waals surface area contributed by atoms with Gasteiger partial charge in [0.1, 0.15) is 0 Å². The van der Waals surface area contributed by atoms with E-state index < -0.39 is 10.0 Å². The van der Waals surface area contributed by atoms with Crippen molar-refractivity contribution < 1.29 is 13.2 Å². The number of rotatable bonds is 5. The highest BCUT2D eigenvalue weighted by Gasteiger charge is 2.28. The van der Waals surface area contributed by atoms with Gasteiger partial charge in [0.2, 0.25) is 15.9 Å². The molecule has 7 heteroatoms. The Bertz CT molecular complexity index is 566. The first-order valence-corrected chi connectivity index (χ1v) is 8.93. The molecule has 116 valence electrons. The lowest BCUT2D eigenvalue weighted by Crippen LogP contribution is -2.42. The van der Waals surface area contributed by atoms with Crippen LogP contribution in [-0.4, -0.2) is 49.5 Å². The van der Waals surface area contributed by atoms with Crippen LogP contribution in [0.25, 0.3) is 0 Å². The Morgan fingerprint density at radius 1 is 1.43 bits per heavy atom. The minimum atomic E-state index is -3.13. The number of aromatic nitrogens is 1. The monoisotopic (exact) mass is 311 g/mol. The number of hydrogen-bond donors (Lipinski definition) is 1. The van der Waals surface area contributed by atoms with Gasteiger partial charge < -0.3 is 5.32 Å². The Kier molecular flexibility index (Phi) is 5.30. The lowest BCUT2D eigenvalue weighted by Gasteiger charge is -2.29. The van der Waals surface area contributed by atoms with Crippen molar-refractivity contribution in [3.8, 4) is 0 Å². The molecular formula is C14H21N3O3S. The molecule has 0 aliphatic carbocycles. The summed E-state index contributed by atoms with van der Waals surface area (Å²) in [4.78, 5) is 16.1. The van der Waals surface area contributed by atoms with Crippen molar-refractivity contribution in [2.75, 3.05) is 25.9 Å². The largest absolute Gasteiger partial charge is 0.356 e. The predicted molar refractivity (Wildman–Crippen MR) is 80.1 cm³/mol. The summed E-state index contributed by atoms with van der Waals surface area (Å²) in [7, 11) is -3.13. The van der Waals surface area contributed by atoms with E-state index in [0.717, 1.165) is 12.0 Å². The van der Waals surface area contributed by atoms with Crippen molar-refractivity contribution in [3.05, 3.63) is 30.1 Å². The SMILES string of the molecule is CS(=O)(=O)N1CCC(C(=O)NCCc2cccnc2)CC1. The van der Waals surface area contributed by atoms with Crippen LogP contribution in [0.2, 0.25) is 0 Å². The molecule has 0 spiro atoms. The Morgan fingerprint density at radius 3 is 2.71 bits per heavy atom. The predicted octanol–water partition coefficient (Wildman–Crippen LogP) is 0.412. The van der Waals surface area contributed by atoms with Gasteiger partial charge in [0.05, 0.1) is 6.26 Å². The molecule has 1 saturated heterocycles. The van der Waals surface area contributed by atoms with Gasteiger partial charge in [0.15, 0.2) is 0 Å². The second-order valence-electron chi connectivity index (χ2n) is 5.34. The van der Waals surface area contributed by atoms with Crippen LogP contribution < -0.4 is 5.32 Å². The van der Waals surface area contributed by atoms with Crippen LogP contribution in [0.4, 0.5) is 0 Å². The Balaban J connectivity index is 1.73. The number of pyridine rings is 1. The molecule has 0 saturated carbocycles. The van der Waals surface area contributed by atoms with E-state index in [0.29, 0.717) is 32.5 Å². The van der Waals surface area contributed by atoms with Gasteiger partial charge >= 0.3 is 0 Å². The summed E-state index contributed by atoms with van der Waals surface area (Å²) in [6.07, 6.45) is 6.65. The molecule has 1 aromatic heterocycles. The average molecular weight is 311 g/mol. The van der Waals surface area contributed by atoms with Gasteiger partial charge in [-0.15, -0.1) is 0 Å². The van der Waals surface area contributed by atoms with E-state index in [9.17, 15) is 13.2 Å². The summed E-state index contributed by atoms with van der Waals surface area (Å²) < 4.78 is 24.3. The van der Waals surface area contributed by atoms with Crippen LogP contribution in [0.3, 0.4) is 0 Å². The molecule has 0 bridgehead atoms. The second kappa shape index (κ2) is 7.00. The zero-order valence-electron chi connectivity index (χ0n) is 12.2. The molecule has 1 aliphatic rings. The number of amides is 1. The normalized spacial score (nSPS) is 17.6. The number of nitrogens with one attached hydrogen (secondary N) is 1. The molecule has 2 heterocycles. The molecule has 21 heavy (non-hydrogen) atoms. The summed E-state index contributed by atoms with van der Waals surface area (Å²) in [6, 6.07) is 3.85. The summed E-state index contributed by atoms with van der Waals surface area (Å²) in [5, 5.41) is 2.92. The van der Waals surface area contributed by atoms with Gasteiger partial charge in [-0.25, -0.2) is 12.7 Å². The van der Waals surface area contributed by atoms with Gasteiger partial charge in [-0.05, 0) is 30.9 Å². The standard InChI is InChI=1S/C14H21N3O3S/c1-21(19,20)17-9-5-13(6-10-17)14(18)16-8-4-12-3-2-7-15-11-12/h2-3,7,11,13H,4-6,8-10H2,1H3,(H,16,18). The number of hydrogen-bond acceptors (Lipinski definition) is 4. The molecule has 1 N–H and O–H groups in total. The maximum atomic E-state index is 12.0. The fraction of sp³-hybridized carbons (Fsp3) is 0.571. The van der Waals surface area contributed by atoms with Gasteiger partial charge in [-0.2, -0.15) is 0 Å². The molecule has 1 amide bonds. The third-order valence-corrected chi connectivity index (χ3v) is 5.03. The summed E-state index contributed by atoms with van der Waals surface area (Å²) in [5.74, 6) is -0.0658. The summed E-state index contributed by atoms with van der Waals surface area (Å²) in [6.45, 7) is 1.44. The first-order valence-electron chi connectivity index (χ1n) is 7.08.